The number of carbonyl (C=O) groups excluding carboxylic acids is 2. The first-order valence-corrected chi connectivity index (χ1v) is 8.18. The van der Waals surface area contributed by atoms with E-state index in [1.807, 2.05) is 44.2 Å². The maximum Gasteiger partial charge on any atom is 0.319 e. The van der Waals surface area contributed by atoms with E-state index in [2.05, 4.69) is 5.73 Å². The number of ketones is 1. The van der Waals surface area contributed by atoms with E-state index >= 15 is 0 Å². The van der Waals surface area contributed by atoms with Gasteiger partial charge in [-0.3, -0.25) is 9.59 Å². The Balaban J connectivity index is 2.46. The standard InChI is InChI=1S/C20H24O3/c1-4-23-19(22)20(12-8-11-18(20)21)14-17(13-15(2)3)16-9-6-5-7-10-16/h5-7,9-10H,4,8,11-12,14H2,1-3H3. The summed E-state index contributed by atoms with van der Waals surface area (Å²) in [6.45, 7) is 6.00. The van der Waals surface area contributed by atoms with Gasteiger partial charge in [-0.2, -0.15) is 0 Å². The molecule has 1 aromatic carbocycles. The Kier molecular flexibility index (Phi) is 5.57. The lowest BCUT2D eigenvalue weighted by molar-refractivity contribution is -0.158. The summed E-state index contributed by atoms with van der Waals surface area (Å²) in [6.07, 6.45) is 2.12. The van der Waals surface area contributed by atoms with Gasteiger partial charge in [0.25, 0.3) is 0 Å². The van der Waals surface area contributed by atoms with Crippen molar-refractivity contribution in [2.75, 3.05) is 6.61 Å². The third-order valence-electron chi connectivity index (χ3n) is 4.21. The second-order valence-corrected chi connectivity index (χ2v) is 6.23. The number of esters is 1. The molecule has 1 aliphatic carbocycles. The van der Waals surface area contributed by atoms with E-state index in [9.17, 15) is 9.59 Å². The van der Waals surface area contributed by atoms with Crippen LogP contribution in [-0.2, 0) is 14.3 Å². The van der Waals surface area contributed by atoms with Crippen molar-refractivity contribution in [1.82, 2.24) is 0 Å². The highest BCUT2D eigenvalue weighted by Gasteiger charge is 2.50. The lowest BCUT2D eigenvalue weighted by Gasteiger charge is -2.25. The van der Waals surface area contributed by atoms with Gasteiger partial charge in [0.1, 0.15) is 5.41 Å². The fraction of sp³-hybridized carbons (Fsp3) is 0.450. The van der Waals surface area contributed by atoms with Crippen LogP contribution in [0.5, 0.6) is 0 Å². The fourth-order valence-corrected chi connectivity index (χ4v) is 3.14. The van der Waals surface area contributed by atoms with Crippen LogP contribution >= 0.6 is 0 Å². The third-order valence-corrected chi connectivity index (χ3v) is 4.21. The number of hydrogen-bond acceptors (Lipinski definition) is 3. The van der Waals surface area contributed by atoms with E-state index in [-0.39, 0.29) is 11.8 Å². The van der Waals surface area contributed by atoms with Gasteiger partial charge in [0.2, 0.25) is 0 Å². The van der Waals surface area contributed by atoms with Crippen LogP contribution in [0.4, 0.5) is 0 Å². The SMILES string of the molecule is CCOC(=O)C1(CC(=C=C(C)C)c2ccccc2)CCCC1=O. The van der Waals surface area contributed by atoms with Crippen LogP contribution in [0, 0.1) is 5.41 Å². The minimum absolute atomic E-state index is 0.0000581. The predicted octanol–water partition coefficient (Wildman–Crippen LogP) is 4.33. The lowest BCUT2D eigenvalue weighted by Crippen LogP contribution is -2.37. The van der Waals surface area contributed by atoms with Crippen molar-refractivity contribution < 1.29 is 14.3 Å². The Labute approximate surface area is 138 Å². The molecule has 1 saturated carbocycles. The van der Waals surface area contributed by atoms with Gasteiger partial charge in [0, 0.05) is 18.4 Å². The lowest BCUT2D eigenvalue weighted by atomic mass is 9.77. The van der Waals surface area contributed by atoms with E-state index in [1.54, 1.807) is 6.92 Å². The molecule has 0 N–H and O–H groups in total. The molecule has 1 fully saturated rings. The van der Waals surface area contributed by atoms with Crippen molar-refractivity contribution in [1.29, 1.82) is 0 Å². The van der Waals surface area contributed by atoms with Gasteiger partial charge in [-0.1, -0.05) is 30.3 Å². The number of allylic oxidation sites excluding steroid dienone is 1. The molecule has 2 rings (SSSR count). The molecule has 0 aliphatic heterocycles. The van der Waals surface area contributed by atoms with Crippen molar-refractivity contribution in [3.63, 3.8) is 0 Å². The largest absolute Gasteiger partial charge is 0.465 e. The van der Waals surface area contributed by atoms with Crippen LogP contribution in [-0.4, -0.2) is 18.4 Å². The highest BCUT2D eigenvalue weighted by atomic mass is 16.5. The monoisotopic (exact) mass is 312 g/mol. The van der Waals surface area contributed by atoms with Crippen LogP contribution in [0.15, 0.2) is 41.6 Å². The van der Waals surface area contributed by atoms with E-state index < -0.39 is 5.41 Å². The van der Waals surface area contributed by atoms with E-state index in [0.717, 1.165) is 23.1 Å². The summed E-state index contributed by atoms with van der Waals surface area (Å²) in [6, 6.07) is 9.84. The van der Waals surface area contributed by atoms with Gasteiger partial charge in [-0.25, -0.2) is 0 Å². The molecule has 3 heteroatoms. The summed E-state index contributed by atoms with van der Waals surface area (Å²) in [5, 5.41) is 0. The number of benzene rings is 1. The molecule has 3 nitrogen and oxygen atoms in total. The zero-order chi connectivity index (χ0) is 16.9. The molecule has 0 amide bonds. The average molecular weight is 312 g/mol. The second-order valence-electron chi connectivity index (χ2n) is 6.23. The molecule has 0 radical (unpaired) electrons. The van der Waals surface area contributed by atoms with Gasteiger partial charge in [-0.05, 0) is 44.7 Å². The van der Waals surface area contributed by atoms with Crippen molar-refractivity contribution in [3.05, 3.63) is 47.2 Å². The topological polar surface area (TPSA) is 43.4 Å². The van der Waals surface area contributed by atoms with E-state index in [1.165, 1.54) is 0 Å². The average Bonchev–Trinajstić information content (AvgIpc) is 2.89. The Hall–Kier alpha value is -2.12. The summed E-state index contributed by atoms with van der Waals surface area (Å²) in [5.41, 5.74) is 5.22. The van der Waals surface area contributed by atoms with Gasteiger partial charge in [-0.15, -0.1) is 5.73 Å². The zero-order valence-electron chi connectivity index (χ0n) is 14.1. The molecule has 1 aromatic rings. The van der Waals surface area contributed by atoms with Crippen molar-refractivity contribution in [2.24, 2.45) is 5.41 Å². The summed E-state index contributed by atoms with van der Waals surface area (Å²) in [7, 11) is 0. The number of ether oxygens (including phenoxy) is 1. The fourth-order valence-electron chi connectivity index (χ4n) is 3.14. The number of hydrogen-bond donors (Lipinski definition) is 0. The normalized spacial score (nSPS) is 20.0. The summed E-state index contributed by atoms with van der Waals surface area (Å²) in [5.74, 6) is -0.383. The Morgan fingerprint density at radius 1 is 1.26 bits per heavy atom. The van der Waals surface area contributed by atoms with Crippen LogP contribution < -0.4 is 0 Å². The quantitative estimate of drug-likeness (QED) is 0.462. The van der Waals surface area contributed by atoms with Crippen LogP contribution in [0.25, 0.3) is 5.57 Å². The van der Waals surface area contributed by atoms with Crippen molar-refractivity contribution in [3.8, 4) is 0 Å². The van der Waals surface area contributed by atoms with Gasteiger partial charge >= 0.3 is 5.97 Å². The number of Topliss-reactive ketones (excluding diaryl/α,β-unsaturated/α-hetero) is 1. The minimum atomic E-state index is -1.04. The highest BCUT2D eigenvalue weighted by Crippen LogP contribution is 2.43. The molecular weight excluding hydrogens is 288 g/mol. The molecule has 122 valence electrons. The predicted molar refractivity (Wildman–Crippen MR) is 90.8 cm³/mol. The van der Waals surface area contributed by atoms with Crippen LogP contribution in [0.2, 0.25) is 0 Å². The van der Waals surface area contributed by atoms with E-state index in [4.69, 9.17) is 4.74 Å². The molecule has 0 saturated heterocycles. The first-order chi connectivity index (χ1) is 11.0. The molecular formula is C20H24O3. The molecule has 0 heterocycles. The Morgan fingerprint density at radius 3 is 2.48 bits per heavy atom. The van der Waals surface area contributed by atoms with Crippen molar-refractivity contribution in [2.45, 2.75) is 46.5 Å². The second kappa shape index (κ2) is 7.43. The Morgan fingerprint density at radius 2 is 1.96 bits per heavy atom. The van der Waals surface area contributed by atoms with Crippen molar-refractivity contribution >= 4 is 17.3 Å². The number of rotatable bonds is 5. The zero-order valence-corrected chi connectivity index (χ0v) is 14.1. The maximum atomic E-state index is 12.5. The first kappa shape index (κ1) is 17.2. The molecule has 1 aliphatic rings. The van der Waals surface area contributed by atoms with Crippen LogP contribution in [0.1, 0.15) is 52.0 Å². The molecule has 23 heavy (non-hydrogen) atoms. The van der Waals surface area contributed by atoms with Gasteiger partial charge in [0.05, 0.1) is 6.61 Å². The minimum Gasteiger partial charge on any atom is -0.465 e. The van der Waals surface area contributed by atoms with Gasteiger partial charge < -0.3 is 4.74 Å². The molecule has 0 spiro atoms. The molecule has 1 atom stereocenters. The first-order valence-electron chi connectivity index (χ1n) is 8.18. The summed E-state index contributed by atoms with van der Waals surface area (Å²) >= 11 is 0. The van der Waals surface area contributed by atoms with Gasteiger partial charge in [0.15, 0.2) is 5.78 Å². The molecule has 0 bridgehead atoms. The molecule has 1 unspecified atom stereocenters. The Bertz CT molecular complexity index is 647. The highest BCUT2D eigenvalue weighted by molar-refractivity contribution is 6.06. The summed E-state index contributed by atoms with van der Waals surface area (Å²) < 4.78 is 5.23. The smallest absolute Gasteiger partial charge is 0.319 e. The van der Waals surface area contributed by atoms with Crippen LogP contribution in [0.3, 0.4) is 0 Å². The number of carbonyl (C=O) groups is 2. The molecule has 0 aromatic heterocycles. The van der Waals surface area contributed by atoms with E-state index in [0.29, 0.717) is 25.9 Å². The maximum absolute atomic E-state index is 12.5. The summed E-state index contributed by atoms with van der Waals surface area (Å²) in [4.78, 5) is 25.1. The third kappa shape index (κ3) is 3.80.